The Balaban J connectivity index is 1.14. The molecular formula is C25H20BrCl2F3N4O3S. The highest BCUT2D eigenvalue weighted by Gasteiger charge is 2.36. The lowest BCUT2D eigenvalue weighted by atomic mass is 9.97. The van der Waals surface area contributed by atoms with Gasteiger partial charge in [-0.3, -0.25) is 4.79 Å². The quantitative estimate of drug-likeness (QED) is 0.277. The molecule has 0 radical (unpaired) electrons. The van der Waals surface area contributed by atoms with Crippen molar-refractivity contribution in [2.75, 3.05) is 19.7 Å². The van der Waals surface area contributed by atoms with E-state index in [1.165, 1.54) is 17.5 Å². The first-order valence-corrected chi connectivity index (χ1v) is 14.3. The second-order valence-corrected chi connectivity index (χ2v) is 11.6. The Hall–Kier alpha value is -2.41. The molecule has 0 saturated carbocycles. The Morgan fingerprint density at radius 2 is 1.95 bits per heavy atom. The van der Waals surface area contributed by atoms with E-state index in [0.717, 1.165) is 16.8 Å². The number of aromatic nitrogens is 2. The van der Waals surface area contributed by atoms with E-state index in [1.54, 1.807) is 23.1 Å². The fourth-order valence-corrected chi connectivity index (χ4v) is 6.42. The highest BCUT2D eigenvalue weighted by molar-refractivity contribution is 9.10. The summed E-state index contributed by atoms with van der Waals surface area (Å²) in [6.45, 7) is 0.359. The van der Waals surface area contributed by atoms with Crippen LogP contribution in [0.5, 0.6) is 5.88 Å². The summed E-state index contributed by atoms with van der Waals surface area (Å²) in [5.41, 5.74) is 1.10. The molecule has 1 fully saturated rings. The van der Waals surface area contributed by atoms with Crippen LogP contribution in [0.4, 0.5) is 13.2 Å². The minimum Gasteiger partial charge on any atom is -0.467 e. The van der Waals surface area contributed by atoms with E-state index in [9.17, 15) is 18.0 Å². The standard InChI is InChI=1S/C25H20BrCl2F3N4O3S/c26-14-8-15(25(29,30)31)23(32-10-14)37-11-21(36)35-6-4-13(5-7-35)24-33-19(12-39-24)18-9-20(38-34-18)22-16(27)2-1-3-17(22)28/h1-3,8,10,12-13,20H,4-7,9,11H2. The van der Waals surface area contributed by atoms with Gasteiger partial charge in [0.2, 0.25) is 5.88 Å². The number of hydrogen-bond acceptors (Lipinski definition) is 7. The predicted molar refractivity (Wildman–Crippen MR) is 145 cm³/mol. The molecule has 14 heteroatoms. The van der Waals surface area contributed by atoms with Crippen LogP contribution in [0.1, 0.15) is 53.1 Å². The molecule has 3 aromatic rings. The first kappa shape index (κ1) is 28.1. The number of halogens is 6. The number of benzene rings is 1. The number of nitrogens with zero attached hydrogens (tertiary/aromatic N) is 4. The summed E-state index contributed by atoms with van der Waals surface area (Å²) in [4.78, 5) is 28.3. The number of pyridine rings is 1. The molecule has 0 N–H and O–H groups in total. The summed E-state index contributed by atoms with van der Waals surface area (Å²) in [6, 6.07) is 6.15. The molecule has 0 aliphatic carbocycles. The summed E-state index contributed by atoms with van der Waals surface area (Å²) >= 11 is 17.1. The van der Waals surface area contributed by atoms with Crippen LogP contribution in [0.3, 0.4) is 0 Å². The SMILES string of the molecule is O=C(COc1ncc(Br)cc1C(F)(F)F)N1CCC(c2nc(C3=NOC(c4c(Cl)cccc4Cl)C3)cs2)CC1. The number of hydrogen-bond donors (Lipinski definition) is 0. The number of thiazole rings is 1. The van der Waals surface area contributed by atoms with Crippen molar-refractivity contribution in [2.45, 2.75) is 37.5 Å². The largest absolute Gasteiger partial charge is 0.467 e. The van der Waals surface area contributed by atoms with E-state index in [4.69, 9.17) is 37.8 Å². The maximum absolute atomic E-state index is 13.3. The van der Waals surface area contributed by atoms with Gasteiger partial charge in [-0.25, -0.2) is 9.97 Å². The van der Waals surface area contributed by atoms with Crippen molar-refractivity contribution in [3.05, 3.63) is 72.2 Å². The van der Waals surface area contributed by atoms with Crippen molar-refractivity contribution in [2.24, 2.45) is 5.16 Å². The highest BCUT2D eigenvalue weighted by Crippen LogP contribution is 2.39. The molecule has 2 aromatic heterocycles. The third kappa shape index (κ3) is 6.34. The number of carbonyl (C=O) groups excluding carboxylic acids is 1. The van der Waals surface area contributed by atoms with Gasteiger partial charge in [-0.05, 0) is 47.0 Å². The lowest BCUT2D eigenvalue weighted by molar-refractivity contribution is -0.141. The summed E-state index contributed by atoms with van der Waals surface area (Å²) in [5.74, 6) is -0.870. The smallest absolute Gasteiger partial charge is 0.421 e. The number of oxime groups is 1. The van der Waals surface area contributed by atoms with Crippen LogP contribution in [-0.4, -0.2) is 46.2 Å². The second-order valence-electron chi connectivity index (χ2n) is 8.99. The van der Waals surface area contributed by atoms with Gasteiger partial charge in [0.15, 0.2) is 12.7 Å². The van der Waals surface area contributed by atoms with Crippen LogP contribution >= 0.6 is 50.5 Å². The zero-order valence-electron chi connectivity index (χ0n) is 20.1. The predicted octanol–water partition coefficient (Wildman–Crippen LogP) is 7.28. The van der Waals surface area contributed by atoms with Crippen LogP contribution in [0.25, 0.3) is 0 Å². The number of piperidine rings is 1. The minimum absolute atomic E-state index is 0.149. The third-order valence-electron chi connectivity index (χ3n) is 6.46. The molecule has 7 nitrogen and oxygen atoms in total. The molecule has 1 aromatic carbocycles. The van der Waals surface area contributed by atoms with Crippen LogP contribution < -0.4 is 4.74 Å². The van der Waals surface area contributed by atoms with Gasteiger partial charge in [-0.15, -0.1) is 11.3 Å². The molecule has 1 atom stereocenters. The molecule has 206 valence electrons. The lowest BCUT2D eigenvalue weighted by Crippen LogP contribution is -2.40. The third-order valence-corrected chi connectivity index (χ3v) is 8.56. The average molecular weight is 664 g/mol. The Morgan fingerprint density at radius 1 is 1.23 bits per heavy atom. The van der Waals surface area contributed by atoms with Crippen molar-refractivity contribution in [3.63, 3.8) is 0 Å². The first-order valence-electron chi connectivity index (χ1n) is 11.9. The van der Waals surface area contributed by atoms with Gasteiger partial charge in [-0.2, -0.15) is 13.2 Å². The maximum atomic E-state index is 13.3. The number of rotatable bonds is 6. The first-order chi connectivity index (χ1) is 18.6. The summed E-state index contributed by atoms with van der Waals surface area (Å²) < 4.78 is 45.2. The minimum atomic E-state index is -4.65. The molecule has 1 unspecified atom stereocenters. The van der Waals surface area contributed by atoms with E-state index >= 15 is 0 Å². The molecule has 0 bridgehead atoms. The maximum Gasteiger partial charge on any atom is 0.421 e. The molecule has 2 aliphatic rings. The van der Waals surface area contributed by atoms with Crippen molar-refractivity contribution in [1.29, 1.82) is 0 Å². The van der Waals surface area contributed by atoms with E-state index in [2.05, 4.69) is 26.1 Å². The molecule has 2 aliphatic heterocycles. The Bertz CT molecular complexity index is 1390. The van der Waals surface area contributed by atoms with Crippen molar-refractivity contribution in [3.8, 4) is 5.88 Å². The summed E-state index contributed by atoms with van der Waals surface area (Å²) in [6.07, 6.45) is -2.02. The molecule has 5 rings (SSSR count). The van der Waals surface area contributed by atoms with Gasteiger partial charge in [0.05, 0.1) is 10.7 Å². The Kier molecular flexibility index (Phi) is 8.37. The molecule has 0 spiro atoms. The summed E-state index contributed by atoms with van der Waals surface area (Å²) in [7, 11) is 0. The zero-order valence-corrected chi connectivity index (χ0v) is 24.0. The molecule has 1 amide bonds. The van der Waals surface area contributed by atoms with Crippen molar-refractivity contribution >= 4 is 62.1 Å². The van der Waals surface area contributed by atoms with E-state index in [-0.39, 0.29) is 16.5 Å². The zero-order chi connectivity index (χ0) is 27.7. The Morgan fingerprint density at radius 3 is 2.64 bits per heavy atom. The second kappa shape index (κ2) is 11.6. The number of alkyl halides is 3. The molecule has 4 heterocycles. The fourth-order valence-electron chi connectivity index (χ4n) is 4.45. The number of likely N-dealkylation sites (tertiary alicyclic amines) is 1. The van der Waals surface area contributed by atoms with E-state index < -0.39 is 30.1 Å². The molecule has 1 saturated heterocycles. The van der Waals surface area contributed by atoms with Crippen molar-refractivity contribution in [1.82, 2.24) is 14.9 Å². The van der Waals surface area contributed by atoms with E-state index in [1.807, 2.05) is 5.38 Å². The monoisotopic (exact) mass is 662 g/mol. The van der Waals surface area contributed by atoms with Crippen LogP contribution in [-0.2, 0) is 15.8 Å². The number of carbonyl (C=O) groups is 1. The van der Waals surface area contributed by atoms with Crippen LogP contribution in [0, 0.1) is 0 Å². The molecule has 39 heavy (non-hydrogen) atoms. The fraction of sp³-hybridized carbons (Fsp3) is 0.360. The normalized spacial score (nSPS) is 18.2. The highest BCUT2D eigenvalue weighted by atomic mass is 79.9. The van der Waals surface area contributed by atoms with E-state index in [0.29, 0.717) is 53.7 Å². The van der Waals surface area contributed by atoms with Gasteiger partial charge < -0.3 is 14.5 Å². The van der Waals surface area contributed by atoms with Gasteiger partial charge in [0.25, 0.3) is 5.91 Å². The van der Waals surface area contributed by atoms with Gasteiger partial charge in [-0.1, -0.05) is 34.4 Å². The number of amides is 1. The number of ether oxygens (including phenoxy) is 1. The van der Waals surface area contributed by atoms with Crippen molar-refractivity contribution < 1.29 is 27.5 Å². The van der Waals surface area contributed by atoms with Crippen LogP contribution in [0.2, 0.25) is 10.0 Å². The average Bonchev–Trinajstić information content (AvgIpc) is 3.58. The Labute approximate surface area is 244 Å². The van der Waals surface area contributed by atoms with Gasteiger partial charge >= 0.3 is 6.18 Å². The topological polar surface area (TPSA) is 76.9 Å². The summed E-state index contributed by atoms with van der Waals surface area (Å²) in [5, 5.41) is 8.11. The van der Waals surface area contributed by atoms with Gasteiger partial charge in [0.1, 0.15) is 11.3 Å². The lowest BCUT2D eigenvalue weighted by Gasteiger charge is -2.31. The van der Waals surface area contributed by atoms with Gasteiger partial charge in [0, 0.05) is 57.1 Å². The van der Waals surface area contributed by atoms with Crippen LogP contribution in [0.15, 0.2) is 45.5 Å². The molecular weight excluding hydrogens is 644 g/mol.